The zero-order chi connectivity index (χ0) is 15.1. The van der Waals surface area contributed by atoms with Crippen LogP contribution in [0.15, 0.2) is 24.3 Å². The Bertz CT molecular complexity index is 413. The van der Waals surface area contributed by atoms with E-state index in [1.165, 1.54) is 32.2 Å². The summed E-state index contributed by atoms with van der Waals surface area (Å²) in [5.74, 6) is 1.62. The standard InChI is InChI=1S/C18H30N2O/c1-15(2)14-20(17-8-3-4-9-17)11-6-12-21-18-10-5-7-16(19)13-18/h5,7,10,13,15,17H,3-4,6,8-9,11-12,14,19H2,1-2H3. The van der Waals surface area contributed by atoms with Crippen LogP contribution >= 0.6 is 0 Å². The smallest absolute Gasteiger partial charge is 0.121 e. The zero-order valence-corrected chi connectivity index (χ0v) is 13.6. The average molecular weight is 290 g/mol. The minimum Gasteiger partial charge on any atom is -0.493 e. The summed E-state index contributed by atoms with van der Waals surface area (Å²) in [7, 11) is 0. The second-order valence-electron chi connectivity index (χ2n) is 6.60. The maximum absolute atomic E-state index is 5.80. The number of hydrogen-bond donors (Lipinski definition) is 1. The van der Waals surface area contributed by atoms with Gasteiger partial charge in [0, 0.05) is 30.9 Å². The van der Waals surface area contributed by atoms with Crippen molar-refractivity contribution in [3.8, 4) is 5.75 Å². The molecule has 1 aromatic carbocycles. The number of nitrogens with zero attached hydrogens (tertiary/aromatic N) is 1. The molecular weight excluding hydrogens is 260 g/mol. The van der Waals surface area contributed by atoms with Gasteiger partial charge >= 0.3 is 0 Å². The van der Waals surface area contributed by atoms with Crippen LogP contribution in [0, 0.1) is 5.92 Å². The molecule has 0 atom stereocenters. The predicted octanol–water partition coefficient (Wildman–Crippen LogP) is 3.94. The first-order valence-corrected chi connectivity index (χ1v) is 8.37. The molecule has 0 unspecified atom stereocenters. The van der Waals surface area contributed by atoms with Gasteiger partial charge in [0.05, 0.1) is 6.61 Å². The Kier molecular flexibility index (Phi) is 6.37. The summed E-state index contributed by atoms with van der Waals surface area (Å²) in [6, 6.07) is 8.49. The number of benzene rings is 1. The van der Waals surface area contributed by atoms with Crippen LogP contribution in [0.2, 0.25) is 0 Å². The van der Waals surface area contributed by atoms with E-state index in [-0.39, 0.29) is 0 Å². The molecule has 0 saturated heterocycles. The Labute approximate surface area is 129 Å². The molecule has 1 aromatic rings. The van der Waals surface area contributed by atoms with Crippen molar-refractivity contribution < 1.29 is 4.74 Å². The Balaban J connectivity index is 1.73. The summed E-state index contributed by atoms with van der Waals surface area (Å²) in [4.78, 5) is 2.68. The monoisotopic (exact) mass is 290 g/mol. The molecule has 0 heterocycles. The Hall–Kier alpha value is -1.22. The van der Waals surface area contributed by atoms with Gasteiger partial charge in [-0.15, -0.1) is 0 Å². The van der Waals surface area contributed by atoms with Crippen molar-refractivity contribution in [2.75, 3.05) is 25.4 Å². The third-order valence-electron chi connectivity index (χ3n) is 4.16. The van der Waals surface area contributed by atoms with Crippen molar-refractivity contribution in [1.82, 2.24) is 4.90 Å². The molecule has 1 fully saturated rings. The van der Waals surface area contributed by atoms with Gasteiger partial charge in [-0.2, -0.15) is 0 Å². The van der Waals surface area contributed by atoms with Gasteiger partial charge < -0.3 is 15.4 Å². The number of hydrogen-bond acceptors (Lipinski definition) is 3. The van der Waals surface area contributed by atoms with Gasteiger partial charge in [-0.1, -0.05) is 32.8 Å². The van der Waals surface area contributed by atoms with Gasteiger partial charge in [-0.25, -0.2) is 0 Å². The second-order valence-corrected chi connectivity index (χ2v) is 6.60. The topological polar surface area (TPSA) is 38.5 Å². The fourth-order valence-corrected chi connectivity index (χ4v) is 3.22. The van der Waals surface area contributed by atoms with Crippen LogP contribution in [-0.4, -0.2) is 30.6 Å². The molecule has 0 radical (unpaired) electrons. The van der Waals surface area contributed by atoms with E-state index in [0.29, 0.717) is 0 Å². The first-order chi connectivity index (χ1) is 10.1. The molecular formula is C18H30N2O. The highest BCUT2D eigenvalue weighted by Gasteiger charge is 2.22. The van der Waals surface area contributed by atoms with E-state index < -0.39 is 0 Å². The first kappa shape index (κ1) is 16.2. The molecule has 21 heavy (non-hydrogen) atoms. The van der Waals surface area contributed by atoms with Gasteiger partial charge in [-0.05, 0) is 37.3 Å². The fourth-order valence-electron chi connectivity index (χ4n) is 3.22. The van der Waals surface area contributed by atoms with E-state index in [1.807, 2.05) is 24.3 Å². The maximum Gasteiger partial charge on any atom is 0.121 e. The predicted molar refractivity (Wildman–Crippen MR) is 89.6 cm³/mol. The van der Waals surface area contributed by atoms with Crippen LogP contribution in [0.25, 0.3) is 0 Å². The molecule has 0 spiro atoms. The van der Waals surface area contributed by atoms with Crippen molar-refractivity contribution in [3.05, 3.63) is 24.3 Å². The lowest BCUT2D eigenvalue weighted by atomic mass is 10.1. The number of nitrogens with two attached hydrogens (primary N) is 1. The SMILES string of the molecule is CC(C)CN(CCCOc1cccc(N)c1)C1CCCC1. The van der Waals surface area contributed by atoms with Crippen LogP contribution in [0.1, 0.15) is 46.0 Å². The quantitative estimate of drug-likeness (QED) is 0.582. The van der Waals surface area contributed by atoms with E-state index in [9.17, 15) is 0 Å². The molecule has 1 saturated carbocycles. The van der Waals surface area contributed by atoms with Crippen molar-refractivity contribution >= 4 is 5.69 Å². The van der Waals surface area contributed by atoms with Crippen LogP contribution in [0.3, 0.4) is 0 Å². The van der Waals surface area contributed by atoms with Gasteiger partial charge in [-0.3, -0.25) is 0 Å². The Morgan fingerprint density at radius 3 is 2.71 bits per heavy atom. The molecule has 2 rings (SSSR count). The van der Waals surface area contributed by atoms with Crippen LogP contribution < -0.4 is 10.5 Å². The van der Waals surface area contributed by atoms with Crippen LogP contribution in [0.4, 0.5) is 5.69 Å². The molecule has 3 nitrogen and oxygen atoms in total. The van der Waals surface area contributed by atoms with E-state index in [1.54, 1.807) is 0 Å². The summed E-state index contributed by atoms with van der Waals surface area (Å²) >= 11 is 0. The summed E-state index contributed by atoms with van der Waals surface area (Å²) < 4.78 is 5.80. The highest BCUT2D eigenvalue weighted by molar-refractivity contribution is 5.43. The van der Waals surface area contributed by atoms with Gasteiger partial charge in [0.25, 0.3) is 0 Å². The van der Waals surface area contributed by atoms with Crippen LogP contribution in [0.5, 0.6) is 5.75 Å². The van der Waals surface area contributed by atoms with E-state index >= 15 is 0 Å². The molecule has 1 aliphatic carbocycles. The van der Waals surface area contributed by atoms with Gasteiger partial charge in [0.1, 0.15) is 5.75 Å². The van der Waals surface area contributed by atoms with E-state index in [2.05, 4.69) is 18.7 Å². The third-order valence-corrected chi connectivity index (χ3v) is 4.16. The van der Waals surface area contributed by atoms with Crippen molar-refractivity contribution in [2.24, 2.45) is 5.92 Å². The van der Waals surface area contributed by atoms with Gasteiger partial charge in [0.15, 0.2) is 0 Å². The minimum atomic E-state index is 0.737. The summed E-state index contributed by atoms with van der Waals surface area (Å²) in [5, 5.41) is 0. The lowest BCUT2D eigenvalue weighted by molar-refractivity contribution is 0.162. The molecule has 1 aliphatic rings. The molecule has 118 valence electrons. The second kappa shape index (κ2) is 8.28. The summed E-state index contributed by atoms with van der Waals surface area (Å²) in [6.07, 6.45) is 6.64. The molecule has 2 N–H and O–H groups in total. The minimum absolute atomic E-state index is 0.737. The first-order valence-electron chi connectivity index (χ1n) is 8.37. The third kappa shape index (κ3) is 5.58. The van der Waals surface area contributed by atoms with Crippen molar-refractivity contribution in [3.63, 3.8) is 0 Å². The largest absolute Gasteiger partial charge is 0.493 e. The lowest BCUT2D eigenvalue weighted by Crippen LogP contribution is -2.37. The van der Waals surface area contributed by atoms with Crippen molar-refractivity contribution in [2.45, 2.75) is 52.0 Å². The van der Waals surface area contributed by atoms with Crippen molar-refractivity contribution in [1.29, 1.82) is 0 Å². The number of rotatable bonds is 8. The van der Waals surface area contributed by atoms with Crippen LogP contribution in [-0.2, 0) is 0 Å². The summed E-state index contributed by atoms with van der Waals surface area (Å²) in [5.41, 5.74) is 6.52. The number of anilines is 1. The molecule has 0 bridgehead atoms. The highest BCUT2D eigenvalue weighted by Crippen LogP contribution is 2.24. The molecule has 3 heteroatoms. The normalized spacial score (nSPS) is 16.0. The number of nitrogen functional groups attached to an aromatic ring is 1. The Morgan fingerprint density at radius 2 is 2.05 bits per heavy atom. The Morgan fingerprint density at radius 1 is 1.29 bits per heavy atom. The molecule has 0 amide bonds. The number of ether oxygens (including phenoxy) is 1. The molecule has 0 aromatic heterocycles. The zero-order valence-electron chi connectivity index (χ0n) is 13.6. The average Bonchev–Trinajstić information content (AvgIpc) is 2.96. The van der Waals surface area contributed by atoms with E-state index in [4.69, 9.17) is 10.5 Å². The highest BCUT2D eigenvalue weighted by atomic mass is 16.5. The van der Waals surface area contributed by atoms with E-state index in [0.717, 1.165) is 43.0 Å². The molecule has 0 aliphatic heterocycles. The fraction of sp³-hybridized carbons (Fsp3) is 0.667. The lowest BCUT2D eigenvalue weighted by Gasteiger charge is -2.30. The summed E-state index contributed by atoms with van der Waals surface area (Å²) in [6.45, 7) is 7.75. The van der Waals surface area contributed by atoms with Gasteiger partial charge in [0.2, 0.25) is 0 Å². The maximum atomic E-state index is 5.80.